The molecule has 0 aliphatic carbocycles. The van der Waals surface area contributed by atoms with Gasteiger partial charge in [-0.05, 0) is 36.8 Å². The number of thiocarbonyl (C=S) groups is 1. The molecule has 1 aromatic heterocycles. The maximum atomic E-state index is 11.9. The third kappa shape index (κ3) is 4.99. The maximum absolute atomic E-state index is 11.9. The van der Waals surface area contributed by atoms with Crippen LogP contribution in [0.5, 0.6) is 0 Å². The molecule has 0 amide bonds. The predicted molar refractivity (Wildman–Crippen MR) is 115 cm³/mol. The highest BCUT2D eigenvalue weighted by Gasteiger charge is 2.22. The molecule has 1 aliphatic heterocycles. The molecule has 1 saturated heterocycles. The molecule has 3 rings (SSSR count). The number of hydrogen-bond donors (Lipinski definition) is 1. The van der Waals surface area contributed by atoms with Crippen molar-refractivity contribution in [2.24, 2.45) is 0 Å². The van der Waals surface area contributed by atoms with Crippen LogP contribution in [0, 0.1) is 6.92 Å². The van der Waals surface area contributed by atoms with Crippen LogP contribution in [0.2, 0.25) is 5.02 Å². The Kier molecular flexibility index (Phi) is 6.70. The van der Waals surface area contributed by atoms with E-state index in [1.807, 2.05) is 31.2 Å². The Hall–Kier alpha value is -1.67. The summed E-state index contributed by atoms with van der Waals surface area (Å²) in [6, 6.07) is 9.77. The lowest BCUT2D eigenvalue weighted by atomic mass is 10.2. The van der Waals surface area contributed by atoms with Crippen LogP contribution >= 0.6 is 35.2 Å². The van der Waals surface area contributed by atoms with Crippen LogP contribution in [0.25, 0.3) is 0 Å². The van der Waals surface area contributed by atoms with E-state index in [4.69, 9.17) is 28.6 Å². The normalized spacial score (nSPS) is 14.9. The van der Waals surface area contributed by atoms with Crippen LogP contribution in [0.1, 0.15) is 20.8 Å². The number of rotatable bonds is 4. The monoisotopic (exact) mass is 423 g/mol. The van der Waals surface area contributed by atoms with E-state index < -0.39 is 0 Å². The average Bonchev–Trinajstić information content (AvgIpc) is 3.03. The van der Waals surface area contributed by atoms with Gasteiger partial charge in [-0.15, -0.1) is 11.3 Å². The summed E-state index contributed by atoms with van der Waals surface area (Å²) in [5.74, 6) is -0.353. The number of anilines is 1. The van der Waals surface area contributed by atoms with E-state index in [2.05, 4.69) is 21.2 Å². The minimum Gasteiger partial charge on any atom is -0.465 e. The number of thiophene rings is 1. The van der Waals surface area contributed by atoms with Crippen LogP contribution in [-0.4, -0.2) is 54.2 Å². The Morgan fingerprint density at radius 3 is 2.67 bits per heavy atom. The Bertz CT molecular complexity index is 832. The van der Waals surface area contributed by atoms with Gasteiger partial charge in [0, 0.05) is 42.6 Å². The second-order valence-corrected chi connectivity index (χ2v) is 8.43. The van der Waals surface area contributed by atoms with Crippen LogP contribution in [0.3, 0.4) is 0 Å². The number of hydrogen-bond acceptors (Lipinski definition) is 5. The molecule has 1 aliphatic rings. The van der Waals surface area contributed by atoms with Gasteiger partial charge in [-0.3, -0.25) is 4.90 Å². The van der Waals surface area contributed by atoms with Gasteiger partial charge in [0.25, 0.3) is 0 Å². The maximum Gasteiger partial charge on any atom is 0.340 e. The number of carbonyl (C=O) groups is 1. The molecule has 5 nitrogen and oxygen atoms in total. The smallest absolute Gasteiger partial charge is 0.340 e. The molecule has 0 radical (unpaired) electrons. The quantitative estimate of drug-likeness (QED) is 0.592. The molecule has 1 aromatic carbocycles. The Balaban J connectivity index is 1.56. The number of carbonyl (C=O) groups excluding carboxylic acids is 1. The van der Waals surface area contributed by atoms with Crippen molar-refractivity contribution in [3.63, 3.8) is 0 Å². The first-order chi connectivity index (χ1) is 13.0. The third-order valence-electron chi connectivity index (χ3n) is 4.49. The largest absolute Gasteiger partial charge is 0.465 e. The van der Waals surface area contributed by atoms with E-state index >= 15 is 0 Å². The zero-order valence-corrected chi connectivity index (χ0v) is 17.7. The van der Waals surface area contributed by atoms with E-state index in [0.29, 0.717) is 10.7 Å². The number of benzene rings is 1. The van der Waals surface area contributed by atoms with Crippen LogP contribution < -0.4 is 5.32 Å². The van der Waals surface area contributed by atoms with Crippen molar-refractivity contribution in [2.45, 2.75) is 13.5 Å². The molecule has 1 fully saturated rings. The van der Waals surface area contributed by atoms with Gasteiger partial charge < -0.3 is 15.0 Å². The van der Waals surface area contributed by atoms with Gasteiger partial charge in [0.2, 0.25) is 0 Å². The lowest BCUT2D eigenvalue weighted by molar-refractivity contribution is 0.0602. The minimum atomic E-state index is -0.353. The van der Waals surface area contributed by atoms with Gasteiger partial charge in [-0.1, -0.05) is 29.8 Å². The minimum absolute atomic E-state index is 0.353. The molecule has 2 heterocycles. The van der Waals surface area contributed by atoms with Gasteiger partial charge >= 0.3 is 5.97 Å². The first-order valence-electron chi connectivity index (χ1n) is 8.68. The number of nitrogens with one attached hydrogen (secondary N) is 1. The summed E-state index contributed by atoms with van der Waals surface area (Å²) in [5, 5.41) is 5.41. The summed E-state index contributed by atoms with van der Waals surface area (Å²) in [5.41, 5.74) is 1.67. The second-order valence-electron chi connectivity index (χ2n) is 6.38. The lowest BCUT2D eigenvalue weighted by Gasteiger charge is -2.36. The molecule has 0 saturated carbocycles. The summed E-state index contributed by atoms with van der Waals surface area (Å²) in [6.07, 6.45) is 0. The van der Waals surface area contributed by atoms with Crippen LogP contribution in [-0.2, 0) is 11.3 Å². The first-order valence-corrected chi connectivity index (χ1v) is 10.3. The highest BCUT2D eigenvalue weighted by atomic mass is 35.5. The highest BCUT2D eigenvalue weighted by molar-refractivity contribution is 7.80. The van der Waals surface area contributed by atoms with Crippen molar-refractivity contribution < 1.29 is 9.53 Å². The van der Waals surface area contributed by atoms with E-state index in [-0.39, 0.29) is 5.97 Å². The van der Waals surface area contributed by atoms with Gasteiger partial charge in [-0.25, -0.2) is 4.79 Å². The average molecular weight is 424 g/mol. The Labute approximate surface area is 173 Å². The summed E-state index contributed by atoms with van der Waals surface area (Å²) in [4.78, 5) is 17.5. The van der Waals surface area contributed by atoms with Gasteiger partial charge in [-0.2, -0.15) is 0 Å². The topological polar surface area (TPSA) is 44.8 Å². The van der Waals surface area contributed by atoms with Crippen molar-refractivity contribution in [1.29, 1.82) is 0 Å². The van der Waals surface area contributed by atoms with E-state index in [9.17, 15) is 4.79 Å². The number of esters is 1. The summed E-state index contributed by atoms with van der Waals surface area (Å²) < 4.78 is 4.85. The van der Waals surface area contributed by atoms with Crippen molar-refractivity contribution in [3.05, 3.63) is 51.4 Å². The van der Waals surface area contributed by atoms with Gasteiger partial charge in [0.1, 0.15) is 5.00 Å². The van der Waals surface area contributed by atoms with Crippen LogP contribution in [0.4, 0.5) is 5.00 Å². The van der Waals surface area contributed by atoms with Crippen LogP contribution in [0.15, 0.2) is 30.3 Å². The fraction of sp³-hybridized carbons (Fsp3) is 0.368. The van der Waals surface area contributed by atoms with E-state index in [1.165, 1.54) is 18.4 Å². The molecule has 2 aromatic rings. The Morgan fingerprint density at radius 2 is 2.00 bits per heavy atom. The molecule has 0 atom stereocenters. The summed E-state index contributed by atoms with van der Waals surface area (Å²) >= 11 is 13.3. The SMILES string of the molecule is COC(=O)c1cc(C)sc1NC(=S)N1CCN(Cc2ccccc2Cl)CC1. The molecule has 8 heteroatoms. The number of ether oxygens (including phenoxy) is 1. The van der Waals surface area contributed by atoms with Crippen molar-refractivity contribution in [2.75, 3.05) is 38.6 Å². The summed E-state index contributed by atoms with van der Waals surface area (Å²) in [7, 11) is 1.38. The van der Waals surface area contributed by atoms with E-state index in [1.54, 1.807) is 0 Å². The second kappa shape index (κ2) is 9.01. The predicted octanol–water partition coefficient (Wildman–Crippen LogP) is 4.01. The molecule has 0 bridgehead atoms. The van der Waals surface area contributed by atoms with E-state index in [0.717, 1.165) is 53.2 Å². The molecule has 0 unspecified atom stereocenters. The van der Waals surface area contributed by atoms with Crippen molar-refractivity contribution in [1.82, 2.24) is 9.80 Å². The fourth-order valence-corrected chi connectivity index (χ4v) is 4.46. The standard InChI is InChI=1S/C19H22ClN3O2S2/c1-13-11-15(18(24)25-2)17(27-13)21-19(26)23-9-7-22(8-10-23)12-14-5-3-4-6-16(14)20/h3-6,11H,7-10,12H2,1-2H3,(H,21,26). The zero-order valence-electron chi connectivity index (χ0n) is 15.3. The number of halogens is 1. The molecule has 0 spiro atoms. The fourth-order valence-electron chi connectivity index (χ4n) is 3.02. The molecule has 27 heavy (non-hydrogen) atoms. The third-order valence-corrected chi connectivity index (χ3v) is 6.19. The van der Waals surface area contributed by atoms with Crippen molar-refractivity contribution >= 4 is 51.2 Å². The first kappa shape index (κ1) is 20.1. The molecule has 1 N–H and O–H groups in total. The lowest BCUT2D eigenvalue weighted by Crippen LogP contribution is -2.49. The summed E-state index contributed by atoms with van der Waals surface area (Å²) in [6.45, 7) is 6.26. The number of piperazine rings is 1. The molecule has 144 valence electrons. The van der Waals surface area contributed by atoms with Crippen molar-refractivity contribution in [3.8, 4) is 0 Å². The zero-order chi connectivity index (χ0) is 19.4. The number of aryl methyl sites for hydroxylation is 1. The van der Waals surface area contributed by atoms with Gasteiger partial charge in [0.05, 0.1) is 12.7 Å². The Morgan fingerprint density at radius 1 is 1.30 bits per heavy atom. The van der Waals surface area contributed by atoms with Gasteiger partial charge in [0.15, 0.2) is 5.11 Å². The number of nitrogens with zero attached hydrogens (tertiary/aromatic N) is 2. The number of methoxy groups -OCH3 is 1. The molecular formula is C19H22ClN3O2S2. The molecular weight excluding hydrogens is 402 g/mol. The highest BCUT2D eigenvalue weighted by Crippen LogP contribution is 2.28.